The molecular weight excluding hydrogens is 297 g/mol. The van der Waals surface area contributed by atoms with Gasteiger partial charge in [-0.25, -0.2) is 9.37 Å². The van der Waals surface area contributed by atoms with E-state index in [0.717, 1.165) is 12.1 Å². The van der Waals surface area contributed by atoms with Crippen LogP contribution in [0.15, 0.2) is 29.0 Å². The number of halogens is 2. The molecule has 0 aliphatic heterocycles. The summed E-state index contributed by atoms with van der Waals surface area (Å²) in [7, 11) is 0. The van der Waals surface area contributed by atoms with E-state index in [0.29, 0.717) is 21.9 Å². The first-order chi connectivity index (χ1) is 8.49. The standard InChI is InChI=1S/C13H15BrFN3/c1-8(2)6-18-7-17-12(13(18)16)10-4-3-9(15)5-11(10)14/h3-5,7-8H,6,16H2,1-2H3. The van der Waals surface area contributed by atoms with Gasteiger partial charge < -0.3 is 10.3 Å². The van der Waals surface area contributed by atoms with Crippen LogP contribution in [0.1, 0.15) is 13.8 Å². The Morgan fingerprint density at radius 2 is 2.17 bits per heavy atom. The Kier molecular flexibility index (Phi) is 3.71. The van der Waals surface area contributed by atoms with Crippen molar-refractivity contribution in [3.63, 3.8) is 0 Å². The predicted octanol–water partition coefficient (Wildman–Crippen LogP) is 3.69. The fraction of sp³-hybridized carbons (Fsp3) is 0.308. The summed E-state index contributed by atoms with van der Waals surface area (Å²) >= 11 is 3.33. The Morgan fingerprint density at radius 1 is 1.44 bits per heavy atom. The van der Waals surface area contributed by atoms with Gasteiger partial charge in [0, 0.05) is 16.6 Å². The molecule has 5 heteroatoms. The average Bonchev–Trinajstić information content (AvgIpc) is 2.60. The van der Waals surface area contributed by atoms with E-state index in [-0.39, 0.29) is 5.82 Å². The Morgan fingerprint density at radius 3 is 2.78 bits per heavy atom. The summed E-state index contributed by atoms with van der Waals surface area (Å²) in [6.07, 6.45) is 1.72. The zero-order chi connectivity index (χ0) is 13.3. The molecule has 2 N–H and O–H groups in total. The van der Waals surface area contributed by atoms with Crippen LogP contribution in [0.4, 0.5) is 10.2 Å². The van der Waals surface area contributed by atoms with Crippen molar-refractivity contribution in [2.75, 3.05) is 5.73 Å². The van der Waals surface area contributed by atoms with E-state index < -0.39 is 0 Å². The average molecular weight is 312 g/mol. The molecule has 0 radical (unpaired) electrons. The van der Waals surface area contributed by atoms with Crippen LogP contribution in [-0.4, -0.2) is 9.55 Å². The van der Waals surface area contributed by atoms with Gasteiger partial charge in [0.2, 0.25) is 0 Å². The quantitative estimate of drug-likeness (QED) is 0.939. The SMILES string of the molecule is CC(C)Cn1cnc(-c2ccc(F)cc2Br)c1N. The fourth-order valence-electron chi connectivity index (χ4n) is 1.82. The van der Waals surface area contributed by atoms with E-state index >= 15 is 0 Å². The van der Waals surface area contributed by atoms with Crippen molar-refractivity contribution in [1.82, 2.24) is 9.55 Å². The van der Waals surface area contributed by atoms with Crippen LogP contribution < -0.4 is 5.73 Å². The molecule has 0 unspecified atom stereocenters. The smallest absolute Gasteiger partial charge is 0.131 e. The van der Waals surface area contributed by atoms with Crippen molar-refractivity contribution >= 4 is 21.7 Å². The molecule has 0 saturated carbocycles. The lowest BCUT2D eigenvalue weighted by Crippen LogP contribution is -2.06. The van der Waals surface area contributed by atoms with Crippen LogP contribution in [0.3, 0.4) is 0 Å². The van der Waals surface area contributed by atoms with Gasteiger partial charge in [-0.15, -0.1) is 0 Å². The lowest BCUT2D eigenvalue weighted by Gasteiger charge is -2.09. The number of imidazole rings is 1. The van der Waals surface area contributed by atoms with E-state index in [1.54, 1.807) is 12.4 Å². The van der Waals surface area contributed by atoms with Crippen molar-refractivity contribution < 1.29 is 4.39 Å². The second-order valence-corrected chi connectivity index (χ2v) is 5.50. The maximum atomic E-state index is 13.1. The van der Waals surface area contributed by atoms with Crippen LogP contribution in [0.5, 0.6) is 0 Å². The zero-order valence-corrected chi connectivity index (χ0v) is 11.9. The van der Waals surface area contributed by atoms with Crippen LogP contribution >= 0.6 is 15.9 Å². The Balaban J connectivity index is 2.42. The zero-order valence-electron chi connectivity index (χ0n) is 10.3. The molecule has 1 heterocycles. The number of nitrogen functional groups attached to an aromatic ring is 1. The van der Waals surface area contributed by atoms with Gasteiger partial charge in [-0.1, -0.05) is 13.8 Å². The van der Waals surface area contributed by atoms with Gasteiger partial charge in [0.05, 0.1) is 6.33 Å². The monoisotopic (exact) mass is 311 g/mol. The predicted molar refractivity (Wildman–Crippen MR) is 74.6 cm³/mol. The first-order valence-corrected chi connectivity index (χ1v) is 6.54. The number of benzene rings is 1. The summed E-state index contributed by atoms with van der Waals surface area (Å²) in [5.74, 6) is 0.813. The lowest BCUT2D eigenvalue weighted by molar-refractivity contribution is 0.527. The van der Waals surface area contributed by atoms with Gasteiger partial charge in [0.15, 0.2) is 0 Å². The van der Waals surface area contributed by atoms with Crippen LogP contribution in [0, 0.1) is 11.7 Å². The molecule has 0 bridgehead atoms. The van der Waals surface area contributed by atoms with Gasteiger partial charge >= 0.3 is 0 Å². The summed E-state index contributed by atoms with van der Waals surface area (Å²) in [5.41, 5.74) is 7.56. The van der Waals surface area contributed by atoms with Gasteiger partial charge in [0.25, 0.3) is 0 Å². The second kappa shape index (κ2) is 5.10. The van der Waals surface area contributed by atoms with E-state index in [2.05, 4.69) is 34.8 Å². The fourth-order valence-corrected chi connectivity index (χ4v) is 2.36. The third kappa shape index (κ3) is 2.56. The van der Waals surface area contributed by atoms with Crippen molar-refractivity contribution in [3.8, 4) is 11.3 Å². The molecule has 1 aromatic heterocycles. The highest BCUT2D eigenvalue weighted by atomic mass is 79.9. The maximum absolute atomic E-state index is 13.1. The molecule has 0 saturated heterocycles. The van der Waals surface area contributed by atoms with Crippen molar-refractivity contribution in [1.29, 1.82) is 0 Å². The molecule has 0 spiro atoms. The maximum Gasteiger partial charge on any atom is 0.131 e. The van der Waals surface area contributed by atoms with Gasteiger partial charge in [-0.2, -0.15) is 0 Å². The largest absolute Gasteiger partial charge is 0.383 e. The van der Waals surface area contributed by atoms with E-state index in [9.17, 15) is 4.39 Å². The molecule has 18 heavy (non-hydrogen) atoms. The first kappa shape index (κ1) is 13.1. The highest BCUT2D eigenvalue weighted by Gasteiger charge is 2.13. The Bertz CT molecular complexity index is 563. The van der Waals surface area contributed by atoms with E-state index in [4.69, 9.17) is 5.73 Å². The van der Waals surface area contributed by atoms with Crippen LogP contribution in [-0.2, 0) is 6.54 Å². The number of aromatic nitrogens is 2. The van der Waals surface area contributed by atoms with Crippen LogP contribution in [0.2, 0.25) is 0 Å². The minimum atomic E-state index is -0.286. The van der Waals surface area contributed by atoms with Crippen molar-refractivity contribution in [2.45, 2.75) is 20.4 Å². The number of nitrogens with zero attached hydrogens (tertiary/aromatic N) is 2. The number of hydrogen-bond donors (Lipinski definition) is 1. The van der Waals surface area contributed by atoms with Crippen molar-refractivity contribution in [2.24, 2.45) is 5.92 Å². The molecule has 0 aliphatic carbocycles. The summed E-state index contributed by atoms with van der Waals surface area (Å²) in [6.45, 7) is 5.05. The normalized spacial score (nSPS) is 11.2. The third-order valence-corrected chi connectivity index (χ3v) is 3.28. The summed E-state index contributed by atoms with van der Waals surface area (Å²) in [6, 6.07) is 4.50. The highest BCUT2D eigenvalue weighted by molar-refractivity contribution is 9.10. The Labute approximate surface area is 114 Å². The number of anilines is 1. The molecule has 0 atom stereocenters. The second-order valence-electron chi connectivity index (χ2n) is 4.65. The van der Waals surface area contributed by atoms with Crippen molar-refractivity contribution in [3.05, 3.63) is 34.8 Å². The Hall–Kier alpha value is -1.36. The molecule has 0 aliphatic rings. The van der Waals surface area contributed by atoms with E-state index in [1.165, 1.54) is 12.1 Å². The number of nitrogens with two attached hydrogens (primary N) is 1. The summed E-state index contributed by atoms with van der Waals surface area (Å²) in [5, 5.41) is 0. The molecule has 2 rings (SSSR count). The molecule has 96 valence electrons. The molecule has 0 amide bonds. The van der Waals surface area contributed by atoms with Crippen LogP contribution in [0.25, 0.3) is 11.3 Å². The van der Waals surface area contributed by atoms with Gasteiger partial charge in [-0.05, 0) is 40.0 Å². The van der Waals surface area contributed by atoms with Gasteiger partial charge in [0.1, 0.15) is 17.3 Å². The minimum absolute atomic E-state index is 0.286. The topological polar surface area (TPSA) is 43.8 Å². The molecule has 3 nitrogen and oxygen atoms in total. The highest BCUT2D eigenvalue weighted by Crippen LogP contribution is 2.31. The third-order valence-electron chi connectivity index (χ3n) is 2.63. The summed E-state index contributed by atoms with van der Waals surface area (Å²) < 4.78 is 15.6. The molecule has 2 aromatic rings. The van der Waals surface area contributed by atoms with Gasteiger partial charge in [-0.3, -0.25) is 0 Å². The van der Waals surface area contributed by atoms with E-state index in [1.807, 2.05) is 4.57 Å². The minimum Gasteiger partial charge on any atom is -0.383 e. The first-order valence-electron chi connectivity index (χ1n) is 5.75. The number of hydrogen-bond acceptors (Lipinski definition) is 2. The lowest BCUT2D eigenvalue weighted by atomic mass is 10.1. The molecular formula is C13H15BrFN3. The summed E-state index contributed by atoms with van der Waals surface area (Å²) in [4.78, 5) is 4.32. The number of rotatable bonds is 3. The molecule has 1 aromatic carbocycles. The molecule has 0 fully saturated rings.